The number of aryl methyl sites for hydroxylation is 1. The van der Waals surface area contributed by atoms with Crippen LogP contribution in [0.15, 0.2) is 4.52 Å². The molecule has 2 heterocycles. The second kappa shape index (κ2) is 6.81. The first-order valence-corrected chi connectivity index (χ1v) is 7.20. The Kier molecular flexibility index (Phi) is 5.08. The zero-order chi connectivity index (χ0) is 14.5. The molecule has 0 bridgehead atoms. The van der Waals surface area contributed by atoms with E-state index in [4.69, 9.17) is 10.3 Å². The molecular formula is C13H23N5O2. The molecule has 1 aliphatic heterocycles. The number of piperazine rings is 1. The fourth-order valence-corrected chi connectivity index (χ4v) is 2.38. The average molecular weight is 281 g/mol. The topological polar surface area (TPSA) is 88.5 Å². The van der Waals surface area contributed by atoms with E-state index in [9.17, 15) is 4.79 Å². The normalized spacial score (nSPS) is 18.2. The first-order valence-electron chi connectivity index (χ1n) is 7.20. The van der Waals surface area contributed by atoms with Crippen molar-refractivity contribution in [2.24, 2.45) is 5.73 Å². The number of hydrogen-bond acceptors (Lipinski definition) is 6. The van der Waals surface area contributed by atoms with E-state index in [2.05, 4.69) is 22.0 Å². The number of nitrogens with zero attached hydrogens (tertiary/aromatic N) is 4. The van der Waals surface area contributed by atoms with Gasteiger partial charge in [-0.2, -0.15) is 4.98 Å². The van der Waals surface area contributed by atoms with Crippen molar-refractivity contribution >= 4 is 5.91 Å². The molecule has 112 valence electrons. The summed E-state index contributed by atoms with van der Waals surface area (Å²) in [6.07, 6.45) is 1.21. The van der Waals surface area contributed by atoms with Crippen molar-refractivity contribution in [2.75, 3.05) is 32.7 Å². The highest BCUT2D eigenvalue weighted by Crippen LogP contribution is 2.20. The largest absolute Gasteiger partial charge is 0.340 e. The number of hydrogen-bond donors (Lipinski definition) is 1. The molecule has 1 atom stereocenters. The molecule has 0 radical (unpaired) electrons. The molecular weight excluding hydrogens is 258 g/mol. The van der Waals surface area contributed by atoms with Crippen molar-refractivity contribution in [3.63, 3.8) is 0 Å². The van der Waals surface area contributed by atoms with Gasteiger partial charge in [0.2, 0.25) is 11.8 Å². The summed E-state index contributed by atoms with van der Waals surface area (Å²) in [6, 6.07) is 0.0922. The Morgan fingerprint density at radius 2 is 2.10 bits per heavy atom. The minimum atomic E-state index is 0.0922. The average Bonchev–Trinajstić information content (AvgIpc) is 2.96. The van der Waals surface area contributed by atoms with Crippen molar-refractivity contribution in [3.8, 4) is 0 Å². The van der Waals surface area contributed by atoms with E-state index in [1.165, 1.54) is 0 Å². The van der Waals surface area contributed by atoms with Gasteiger partial charge in [-0.15, -0.1) is 0 Å². The quantitative estimate of drug-likeness (QED) is 0.828. The lowest BCUT2D eigenvalue weighted by molar-refractivity contribution is -0.133. The summed E-state index contributed by atoms with van der Waals surface area (Å²) < 4.78 is 5.28. The van der Waals surface area contributed by atoms with Gasteiger partial charge in [-0.3, -0.25) is 9.69 Å². The van der Waals surface area contributed by atoms with Crippen LogP contribution in [0.2, 0.25) is 0 Å². The Bertz CT molecular complexity index is 440. The molecule has 7 heteroatoms. The maximum Gasteiger partial charge on any atom is 0.243 e. The number of nitrogens with two attached hydrogens (primary N) is 1. The second-order valence-electron chi connectivity index (χ2n) is 5.03. The van der Waals surface area contributed by atoms with E-state index in [1.54, 1.807) is 0 Å². The fourth-order valence-electron chi connectivity index (χ4n) is 2.38. The maximum atomic E-state index is 11.8. The molecule has 7 nitrogen and oxygen atoms in total. The van der Waals surface area contributed by atoms with Crippen molar-refractivity contribution in [1.29, 1.82) is 0 Å². The van der Waals surface area contributed by atoms with Crippen LogP contribution >= 0.6 is 0 Å². The van der Waals surface area contributed by atoms with Gasteiger partial charge in [0.05, 0.1) is 6.04 Å². The first-order chi connectivity index (χ1) is 9.65. The Labute approximate surface area is 119 Å². The van der Waals surface area contributed by atoms with Crippen molar-refractivity contribution in [2.45, 2.75) is 32.7 Å². The van der Waals surface area contributed by atoms with Crippen LogP contribution < -0.4 is 5.73 Å². The summed E-state index contributed by atoms with van der Waals surface area (Å²) in [6.45, 7) is 7.58. The highest BCUT2D eigenvalue weighted by Gasteiger charge is 2.27. The van der Waals surface area contributed by atoms with Crippen LogP contribution in [0.25, 0.3) is 0 Å². The summed E-state index contributed by atoms with van der Waals surface area (Å²) in [4.78, 5) is 20.3. The van der Waals surface area contributed by atoms with Gasteiger partial charge in [-0.1, -0.05) is 12.1 Å². The number of amides is 1. The van der Waals surface area contributed by atoms with Crippen LogP contribution in [0.5, 0.6) is 0 Å². The first kappa shape index (κ1) is 14.9. The number of aromatic nitrogens is 2. The molecule has 0 aromatic carbocycles. The van der Waals surface area contributed by atoms with Gasteiger partial charge in [0.15, 0.2) is 5.82 Å². The van der Waals surface area contributed by atoms with E-state index in [1.807, 2.05) is 11.8 Å². The Morgan fingerprint density at radius 3 is 2.65 bits per heavy atom. The summed E-state index contributed by atoms with van der Waals surface area (Å²) in [7, 11) is 0. The van der Waals surface area contributed by atoms with Crippen LogP contribution in [0.3, 0.4) is 0 Å². The van der Waals surface area contributed by atoms with Gasteiger partial charge < -0.3 is 15.2 Å². The summed E-state index contributed by atoms with van der Waals surface area (Å²) >= 11 is 0. The van der Waals surface area contributed by atoms with E-state index < -0.39 is 0 Å². The van der Waals surface area contributed by atoms with E-state index in [0.717, 1.165) is 38.4 Å². The molecule has 1 fully saturated rings. The molecule has 2 N–H and O–H groups in total. The highest BCUT2D eigenvalue weighted by atomic mass is 16.5. The molecule has 1 unspecified atom stereocenters. The van der Waals surface area contributed by atoms with E-state index in [0.29, 0.717) is 18.9 Å². The van der Waals surface area contributed by atoms with Crippen molar-refractivity contribution in [3.05, 3.63) is 11.7 Å². The van der Waals surface area contributed by atoms with Crippen molar-refractivity contribution < 1.29 is 9.32 Å². The Balaban J connectivity index is 1.88. The number of carbonyl (C=O) groups excluding carboxylic acids is 1. The predicted octanol–water partition coefficient (Wildman–Crippen LogP) is 0.186. The predicted molar refractivity (Wildman–Crippen MR) is 73.9 cm³/mol. The lowest BCUT2D eigenvalue weighted by Crippen LogP contribution is -2.49. The Morgan fingerprint density at radius 1 is 1.40 bits per heavy atom. The standard InChI is InChI=1S/C13H23N5O2/c1-3-11-15-13(20-16-11)10(2)17-6-8-18(9-7-17)12(19)4-5-14/h10H,3-9,14H2,1-2H3. The van der Waals surface area contributed by atoms with E-state index >= 15 is 0 Å². The minimum Gasteiger partial charge on any atom is -0.340 e. The fraction of sp³-hybridized carbons (Fsp3) is 0.769. The lowest BCUT2D eigenvalue weighted by Gasteiger charge is -2.36. The number of carbonyl (C=O) groups is 1. The van der Waals surface area contributed by atoms with Gasteiger partial charge in [-0.05, 0) is 6.92 Å². The molecule has 1 aliphatic rings. The molecule has 2 rings (SSSR count). The monoisotopic (exact) mass is 281 g/mol. The molecule has 1 amide bonds. The highest BCUT2D eigenvalue weighted by molar-refractivity contribution is 5.76. The molecule has 1 aromatic rings. The molecule has 1 saturated heterocycles. The van der Waals surface area contributed by atoms with Crippen LogP contribution in [-0.2, 0) is 11.2 Å². The smallest absolute Gasteiger partial charge is 0.243 e. The SMILES string of the molecule is CCc1noc(C(C)N2CCN(C(=O)CCN)CC2)n1. The molecule has 0 saturated carbocycles. The van der Waals surface area contributed by atoms with Gasteiger partial charge in [0.25, 0.3) is 0 Å². The third kappa shape index (κ3) is 3.34. The van der Waals surface area contributed by atoms with Crippen molar-refractivity contribution in [1.82, 2.24) is 19.9 Å². The van der Waals surface area contributed by atoms with Gasteiger partial charge in [-0.25, -0.2) is 0 Å². The zero-order valence-corrected chi connectivity index (χ0v) is 12.2. The van der Waals surface area contributed by atoms with Crippen LogP contribution in [-0.4, -0.2) is 58.6 Å². The van der Waals surface area contributed by atoms with Gasteiger partial charge in [0, 0.05) is 45.6 Å². The van der Waals surface area contributed by atoms with Gasteiger partial charge in [0.1, 0.15) is 0 Å². The third-order valence-electron chi connectivity index (χ3n) is 3.73. The summed E-state index contributed by atoms with van der Waals surface area (Å²) in [5, 5.41) is 3.93. The van der Waals surface area contributed by atoms with Crippen LogP contribution in [0.1, 0.15) is 38.0 Å². The molecule has 0 spiro atoms. The lowest BCUT2D eigenvalue weighted by atomic mass is 10.2. The van der Waals surface area contributed by atoms with E-state index in [-0.39, 0.29) is 11.9 Å². The maximum absolute atomic E-state index is 11.8. The third-order valence-corrected chi connectivity index (χ3v) is 3.73. The molecule has 0 aliphatic carbocycles. The number of rotatable bonds is 5. The summed E-state index contributed by atoms with van der Waals surface area (Å²) in [5.41, 5.74) is 5.42. The summed E-state index contributed by atoms with van der Waals surface area (Å²) in [5.74, 6) is 1.54. The van der Waals surface area contributed by atoms with Crippen LogP contribution in [0, 0.1) is 0 Å². The zero-order valence-electron chi connectivity index (χ0n) is 12.2. The van der Waals surface area contributed by atoms with Crippen LogP contribution in [0.4, 0.5) is 0 Å². The molecule has 20 heavy (non-hydrogen) atoms. The molecule has 1 aromatic heterocycles. The second-order valence-corrected chi connectivity index (χ2v) is 5.03. The van der Waals surface area contributed by atoms with Gasteiger partial charge >= 0.3 is 0 Å². The minimum absolute atomic E-state index is 0.0922. The Hall–Kier alpha value is -1.47.